The van der Waals surface area contributed by atoms with Crippen molar-refractivity contribution in [2.75, 3.05) is 0 Å². The fraction of sp³-hybridized carbons (Fsp3) is 0. The van der Waals surface area contributed by atoms with E-state index in [0.29, 0.717) is 21.7 Å². The maximum absolute atomic E-state index is 5.86. The van der Waals surface area contributed by atoms with Crippen LogP contribution in [0.3, 0.4) is 0 Å². The summed E-state index contributed by atoms with van der Waals surface area (Å²) in [6, 6.07) is 14.8. The predicted molar refractivity (Wildman–Crippen MR) is 77.4 cm³/mol. The van der Waals surface area contributed by atoms with Gasteiger partial charge in [0.25, 0.3) is 0 Å². The van der Waals surface area contributed by atoms with E-state index in [1.807, 2.05) is 48.5 Å². The lowest BCUT2D eigenvalue weighted by Crippen LogP contribution is -1.75. The summed E-state index contributed by atoms with van der Waals surface area (Å²) in [4.78, 5) is 4.27. The van der Waals surface area contributed by atoms with Crippen molar-refractivity contribution in [3.8, 4) is 22.8 Å². The average Bonchev–Trinajstić information content (AvgIpc) is 2.90. The Kier molecular flexibility index (Phi) is 3.28. The Hall–Kier alpha value is -1.77. The van der Waals surface area contributed by atoms with Crippen molar-refractivity contribution in [2.24, 2.45) is 0 Å². The van der Waals surface area contributed by atoms with Crippen LogP contribution in [0.5, 0.6) is 0 Å². The molecule has 0 saturated heterocycles. The van der Waals surface area contributed by atoms with Crippen LogP contribution < -0.4 is 0 Å². The molecule has 1 aromatic heterocycles. The average molecular weight is 290 g/mol. The highest BCUT2D eigenvalue weighted by Gasteiger charge is 2.08. The van der Waals surface area contributed by atoms with E-state index in [4.69, 9.17) is 27.6 Å². The molecule has 0 amide bonds. The smallest absolute Gasteiger partial charge is 0.226 e. The van der Waals surface area contributed by atoms with Crippen LogP contribution in [0.4, 0.5) is 0 Å². The van der Waals surface area contributed by atoms with E-state index in [1.165, 1.54) is 0 Å². The summed E-state index contributed by atoms with van der Waals surface area (Å²) in [5.74, 6) is 1.28. The molecule has 0 aliphatic carbocycles. The predicted octanol–water partition coefficient (Wildman–Crippen LogP) is 5.32. The van der Waals surface area contributed by atoms with Gasteiger partial charge in [0, 0.05) is 21.2 Å². The molecule has 0 saturated carbocycles. The standard InChI is InChI=1S/C15H9Cl2NO/c16-12-5-1-10(2-6-12)14-9-18-15(19-14)11-3-7-13(17)8-4-11/h1-9H. The van der Waals surface area contributed by atoms with Crippen molar-refractivity contribution in [3.05, 3.63) is 64.8 Å². The van der Waals surface area contributed by atoms with Gasteiger partial charge >= 0.3 is 0 Å². The third-order valence-corrected chi connectivity index (χ3v) is 3.23. The van der Waals surface area contributed by atoms with Crippen molar-refractivity contribution in [1.82, 2.24) is 4.98 Å². The van der Waals surface area contributed by atoms with Crippen LogP contribution in [0.2, 0.25) is 10.0 Å². The van der Waals surface area contributed by atoms with E-state index in [0.717, 1.165) is 11.1 Å². The summed E-state index contributed by atoms with van der Waals surface area (Å²) < 4.78 is 5.74. The summed E-state index contributed by atoms with van der Waals surface area (Å²) >= 11 is 11.7. The number of aromatic nitrogens is 1. The van der Waals surface area contributed by atoms with Gasteiger partial charge in [0.05, 0.1) is 6.20 Å². The molecule has 0 N–H and O–H groups in total. The molecule has 19 heavy (non-hydrogen) atoms. The molecule has 94 valence electrons. The molecule has 0 atom stereocenters. The summed E-state index contributed by atoms with van der Waals surface area (Å²) in [7, 11) is 0. The van der Waals surface area contributed by atoms with Gasteiger partial charge in [-0.1, -0.05) is 23.2 Å². The first-order valence-electron chi connectivity index (χ1n) is 5.70. The molecule has 0 fully saturated rings. The van der Waals surface area contributed by atoms with E-state index in [9.17, 15) is 0 Å². The molecule has 2 nitrogen and oxygen atoms in total. The summed E-state index contributed by atoms with van der Waals surface area (Å²) in [6.45, 7) is 0. The Balaban J connectivity index is 1.95. The Morgan fingerprint density at radius 2 is 1.26 bits per heavy atom. The van der Waals surface area contributed by atoms with E-state index in [2.05, 4.69) is 4.98 Å². The van der Waals surface area contributed by atoms with Crippen LogP contribution in [0.25, 0.3) is 22.8 Å². The molecule has 0 aliphatic heterocycles. The maximum Gasteiger partial charge on any atom is 0.226 e. The summed E-state index contributed by atoms with van der Waals surface area (Å²) in [6.07, 6.45) is 1.70. The molecular formula is C15H9Cl2NO. The fourth-order valence-electron chi connectivity index (χ4n) is 1.75. The molecule has 1 heterocycles. The zero-order valence-electron chi connectivity index (χ0n) is 9.81. The van der Waals surface area contributed by atoms with Crippen molar-refractivity contribution in [3.63, 3.8) is 0 Å². The normalized spacial score (nSPS) is 10.6. The van der Waals surface area contributed by atoms with E-state index < -0.39 is 0 Å². The first kappa shape index (κ1) is 12.3. The van der Waals surface area contributed by atoms with Crippen molar-refractivity contribution >= 4 is 23.2 Å². The second kappa shape index (κ2) is 5.08. The fourth-order valence-corrected chi connectivity index (χ4v) is 2.00. The first-order chi connectivity index (χ1) is 9.22. The number of nitrogens with zero attached hydrogens (tertiary/aromatic N) is 1. The Bertz CT molecular complexity index is 627. The van der Waals surface area contributed by atoms with Crippen LogP contribution in [0.1, 0.15) is 0 Å². The molecule has 0 radical (unpaired) electrons. The van der Waals surface area contributed by atoms with Crippen molar-refractivity contribution in [1.29, 1.82) is 0 Å². The monoisotopic (exact) mass is 289 g/mol. The molecule has 0 spiro atoms. The van der Waals surface area contributed by atoms with Crippen LogP contribution in [0.15, 0.2) is 59.1 Å². The Morgan fingerprint density at radius 3 is 1.84 bits per heavy atom. The second-order valence-corrected chi connectivity index (χ2v) is 4.92. The van der Waals surface area contributed by atoms with E-state index >= 15 is 0 Å². The van der Waals surface area contributed by atoms with Crippen molar-refractivity contribution < 1.29 is 4.42 Å². The van der Waals surface area contributed by atoms with Crippen LogP contribution >= 0.6 is 23.2 Å². The molecule has 3 rings (SSSR count). The third kappa shape index (κ3) is 2.65. The molecule has 3 aromatic rings. The highest BCUT2D eigenvalue weighted by molar-refractivity contribution is 6.30. The molecule has 0 bridgehead atoms. The van der Waals surface area contributed by atoms with Gasteiger partial charge in [-0.2, -0.15) is 0 Å². The van der Waals surface area contributed by atoms with Gasteiger partial charge in [0.1, 0.15) is 0 Å². The minimum Gasteiger partial charge on any atom is -0.436 e. The van der Waals surface area contributed by atoms with Gasteiger partial charge in [0.15, 0.2) is 5.76 Å². The number of hydrogen-bond donors (Lipinski definition) is 0. The van der Waals surface area contributed by atoms with E-state index in [1.54, 1.807) is 6.20 Å². The lowest BCUT2D eigenvalue weighted by Gasteiger charge is -1.97. The second-order valence-electron chi connectivity index (χ2n) is 4.04. The van der Waals surface area contributed by atoms with Crippen LogP contribution in [-0.4, -0.2) is 4.98 Å². The highest BCUT2D eigenvalue weighted by Crippen LogP contribution is 2.27. The third-order valence-electron chi connectivity index (χ3n) is 2.73. The van der Waals surface area contributed by atoms with Gasteiger partial charge in [-0.3, -0.25) is 0 Å². The lowest BCUT2D eigenvalue weighted by molar-refractivity contribution is 0.589. The first-order valence-corrected chi connectivity index (χ1v) is 6.46. The topological polar surface area (TPSA) is 26.0 Å². The van der Waals surface area contributed by atoms with Gasteiger partial charge < -0.3 is 4.42 Å². The Morgan fingerprint density at radius 1 is 0.737 bits per heavy atom. The van der Waals surface area contributed by atoms with Crippen molar-refractivity contribution in [2.45, 2.75) is 0 Å². The molecule has 0 aliphatic rings. The number of oxazole rings is 1. The number of hydrogen-bond acceptors (Lipinski definition) is 2. The number of benzene rings is 2. The minimum atomic E-state index is 0.571. The summed E-state index contributed by atoms with van der Waals surface area (Å²) in [5.41, 5.74) is 1.83. The SMILES string of the molecule is Clc1ccc(-c2cnc(-c3ccc(Cl)cc3)o2)cc1. The van der Waals surface area contributed by atoms with Gasteiger partial charge in [-0.05, 0) is 48.5 Å². The van der Waals surface area contributed by atoms with Gasteiger partial charge in [0.2, 0.25) is 5.89 Å². The highest BCUT2D eigenvalue weighted by atomic mass is 35.5. The quantitative estimate of drug-likeness (QED) is 0.638. The van der Waals surface area contributed by atoms with Gasteiger partial charge in [-0.25, -0.2) is 4.98 Å². The largest absolute Gasteiger partial charge is 0.436 e. The lowest BCUT2D eigenvalue weighted by atomic mass is 10.2. The Labute approximate surface area is 120 Å². The maximum atomic E-state index is 5.86. The zero-order valence-corrected chi connectivity index (χ0v) is 11.3. The van der Waals surface area contributed by atoms with Crippen LogP contribution in [-0.2, 0) is 0 Å². The number of halogens is 2. The summed E-state index contributed by atoms with van der Waals surface area (Å²) in [5, 5.41) is 1.38. The molecular weight excluding hydrogens is 281 g/mol. The number of rotatable bonds is 2. The van der Waals surface area contributed by atoms with Crippen LogP contribution in [0, 0.1) is 0 Å². The van der Waals surface area contributed by atoms with E-state index in [-0.39, 0.29) is 0 Å². The molecule has 2 aromatic carbocycles. The molecule has 0 unspecified atom stereocenters. The van der Waals surface area contributed by atoms with Gasteiger partial charge in [-0.15, -0.1) is 0 Å². The minimum absolute atomic E-state index is 0.571. The molecule has 4 heteroatoms. The zero-order chi connectivity index (χ0) is 13.2.